The summed E-state index contributed by atoms with van der Waals surface area (Å²) in [7, 11) is -4.50. The number of fused-ring (bicyclic) bond motifs is 5. The van der Waals surface area contributed by atoms with E-state index in [1.807, 2.05) is 0 Å². The predicted molar refractivity (Wildman–Crippen MR) is 195 cm³/mol. The second-order valence-corrected chi connectivity index (χ2v) is 18.6. The van der Waals surface area contributed by atoms with Crippen LogP contribution in [0, 0.1) is 40.4 Å². The number of carbonyl (C=O) groups excluding carboxylic acids is 1. The molecule has 8 rings (SSSR count). The van der Waals surface area contributed by atoms with Gasteiger partial charge in [0.15, 0.2) is 5.78 Å². The first kappa shape index (κ1) is 35.0. The van der Waals surface area contributed by atoms with Crippen LogP contribution in [0.2, 0.25) is 0 Å². The summed E-state index contributed by atoms with van der Waals surface area (Å²) >= 11 is 0. The van der Waals surface area contributed by atoms with Gasteiger partial charge >= 0.3 is 7.82 Å². The minimum atomic E-state index is -4.50. The molecule has 3 saturated carbocycles. The molecule has 276 valence electrons. The minimum absolute atomic E-state index is 0.0286. The van der Waals surface area contributed by atoms with Crippen molar-refractivity contribution >= 4 is 31.2 Å². The van der Waals surface area contributed by atoms with Crippen LogP contribution in [-0.4, -0.2) is 95.4 Å². The van der Waals surface area contributed by atoms with E-state index in [0.717, 1.165) is 102 Å². The number of phosphoric acid groups is 1. The first-order valence-electron chi connectivity index (χ1n) is 19.7. The van der Waals surface area contributed by atoms with Crippen molar-refractivity contribution in [1.82, 2.24) is 14.9 Å². The molecule has 3 saturated heterocycles. The van der Waals surface area contributed by atoms with E-state index < -0.39 is 13.9 Å². The van der Waals surface area contributed by atoms with Gasteiger partial charge in [-0.15, -0.1) is 0 Å². The van der Waals surface area contributed by atoms with Crippen molar-refractivity contribution < 1.29 is 23.7 Å². The number of phosphoric ester groups is 1. The molecule has 0 radical (unpaired) electrons. The number of piperazine rings is 1. The zero-order valence-corrected chi connectivity index (χ0v) is 31.4. The number of Topliss-reactive ketones (excluding diaryl/α,β-unsaturated/α-hetero) is 1. The quantitative estimate of drug-likeness (QED) is 0.256. The number of rotatable bonds is 8. The molecule has 3 aliphatic heterocycles. The third-order valence-electron chi connectivity index (χ3n) is 14.6. The molecule has 12 heteroatoms. The zero-order valence-electron chi connectivity index (χ0n) is 30.5. The van der Waals surface area contributed by atoms with Gasteiger partial charge in [0.05, 0.1) is 12.6 Å². The molecule has 2 unspecified atom stereocenters. The van der Waals surface area contributed by atoms with Gasteiger partial charge in [0.25, 0.3) is 0 Å². The lowest BCUT2D eigenvalue weighted by Crippen LogP contribution is -2.53. The van der Waals surface area contributed by atoms with E-state index >= 15 is 0 Å². The number of anilines is 3. The Kier molecular flexibility index (Phi) is 9.40. The van der Waals surface area contributed by atoms with Crippen LogP contribution in [0.1, 0.15) is 91.4 Å². The maximum Gasteiger partial charge on any atom is 0.469 e. The van der Waals surface area contributed by atoms with E-state index in [1.165, 1.54) is 31.3 Å². The molecule has 0 amide bonds. The average Bonchev–Trinajstić information content (AvgIpc) is 3.86. The first-order chi connectivity index (χ1) is 23.9. The predicted octanol–water partition coefficient (Wildman–Crippen LogP) is 5.67. The third kappa shape index (κ3) is 6.46. The highest BCUT2D eigenvalue weighted by atomic mass is 31.2. The van der Waals surface area contributed by atoms with Gasteiger partial charge in [0.2, 0.25) is 5.95 Å². The lowest BCUT2D eigenvalue weighted by molar-refractivity contribution is -0.132. The smallest absolute Gasteiger partial charge is 0.356 e. The summed E-state index contributed by atoms with van der Waals surface area (Å²) in [5.74, 6) is 5.58. The lowest BCUT2D eigenvalue weighted by atomic mass is 9.47. The standard InChI is InChI=1S/C38H59N6O5P/c1-26-22-31-29-9-8-27-23-28(49-50(46,47)48)10-12-37(27,2)30(29)11-13-38(31,3)35(26)32(45)25-41-18-20-43(21-19-41)34-24-33(42-14-4-5-15-42)39-36(40-34)44-16-6-7-17-44/h8,24,26,28-31,35H,4-7,9-23,25H2,1-3H3,(H2,46,47,48)/t26?,28?,29-,30+,31+,35-,37+,38+/m1/s1. The van der Waals surface area contributed by atoms with Crippen molar-refractivity contribution in [3.63, 3.8) is 0 Å². The monoisotopic (exact) mass is 710 g/mol. The van der Waals surface area contributed by atoms with E-state index in [9.17, 15) is 19.1 Å². The SMILES string of the molecule is CC1C[C@H]2[C@@H]3CC=C4CC(OP(=O)(O)O)CC[C@]4(C)[C@H]3CC[C@]2(C)[C@H]1C(=O)CN1CCN(c2cc(N3CCCC3)nc(N3CCCC3)n2)CC1. The normalized spacial score (nSPS) is 37.8. The van der Waals surface area contributed by atoms with Crippen molar-refractivity contribution in [2.45, 2.75) is 97.5 Å². The van der Waals surface area contributed by atoms with Gasteiger partial charge < -0.3 is 24.5 Å². The molecule has 1 aromatic rings. The summed E-state index contributed by atoms with van der Waals surface area (Å²) in [5, 5.41) is 0. The van der Waals surface area contributed by atoms with Gasteiger partial charge in [-0.25, -0.2) is 4.57 Å². The zero-order chi connectivity index (χ0) is 34.8. The number of hydrogen-bond donors (Lipinski definition) is 2. The number of carbonyl (C=O) groups is 1. The fraction of sp³-hybridized carbons (Fsp3) is 0.816. The van der Waals surface area contributed by atoms with Crippen LogP contribution < -0.4 is 14.7 Å². The number of allylic oxidation sites excluding steroid dienone is 1. The van der Waals surface area contributed by atoms with Crippen LogP contribution in [-0.2, 0) is 13.9 Å². The highest BCUT2D eigenvalue weighted by Crippen LogP contribution is 2.67. The van der Waals surface area contributed by atoms with Gasteiger partial charge in [-0.3, -0.25) is 14.2 Å². The molecular weight excluding hydrogens is 651 g/mol. The van der Waals surface area contributed by atoms with E-state index in [-0.39, 0.29) is 16.7 Å². The van der Waals surface area contributed by atoms with Crippen molar-refractivity contribution in [3.05, 3.63) is 17.7 Å². The highest BCUT2D eigenvalue weighted by molar-refractivity contribution is 7.46. The Labute approximate surface area is 298 Å². The van der Waals surface area contributed by atoms with Crippen LogP contribution in [0.4, 0.5) is 17.6 Å². The number of hydrogen-bond acceptors (Lipinski definition) is 9. The van der Waals surface area contributed by atoms with E-state index in [2.05, 4.69) is 52.5 Å². The molecule has 0 bridgehead atoms. The second-order valence-electron chi connectivity index (χ2n) is 17.5. The van der Waals surface area contributed by atoms with Crippen molar-refractivity contribution in [2.24, 2.45) is 40.4 Å². The fourth-order valence-corrected chi connectivity index (χ4v) is 12.7. The summed E-state index contributed by atoms with van der Waals surface area (Å²) in [6.45, 7) is 15.4. The van der Waals surface area contributed by atoms with Crippen LogP contribution in [0.15, 0.2) is 17.7 Å². The maximum absolute atomic E-state index is 14.3. The minimum Gasteiger partial charge on any atom is -0.356 e. The largest absolute Gasteiger partial charge is 0.469 e. The maximum atomic E-state index is 14.3. The Morgan fingerprint density at radius 3 is 2.20 bits per heavy atom. The van der Waals surface area contributed by atoms with Crippen molar-refractivity contribution in [1.29, 1.82) is 0 Å². The number of nitrogens with zero attached hydrogens (tertiary/aromatic N) is 6. The molecule has 11 nitrogen and oxygen atoms in total. The Balaban J connectivity index is 0.915. The van der Waals surface area contributed by atoms with Gasteiger partial charge in [-0.1, -0.05) is 32.4 Å². The average molecular weight is 711 g/mol. The molecule has 4 heterocycles. The van der Waals surface area contributed by atoms with E-state index in [1.54, 1.807) is 0 Å². The molecule has 2 N–H and O–H groups in total. The number of ketones is 1. The van der Waals surface area contributed by atoms with E-state index in [4.69, 9.17) is 14.5 Å². The van der Waals surface area contributed by atoms with Gasteiger partial charge in [-0.05, 0) is 105 Å². The van der Waals surface area contributed by atoms with Crippen LogP contribution in [0.25, 0.3) is 0 Å². The van der Waals surface area contributed by atoms with Gasteiger partial charge in [0.1, 0.15) is 11.6 Å². The Bertz CT molecular complexity index is 1480. The van der Waals surface area contributed by atoms with Crippen molar-refractivity contribution in [2.75, 3.05) is 73.6 Å². The molecular formula is C38H59N6O5P. The third-order valence-corrected chi connectivity index (χ3v) is 15.2. The first-order valence-corrected chi connectivity index (χ1v) is 21.3. The fourth-order valence-electron chi connectivity index (χ4n) is 12.2. The molecule has 1 aromatic heterocycles. The van der Waals surface area contributed by atoms with Crippen LogP contribution >= 0.6 is 7.82 Å². The van der Waals surface area contributed by atoms with Gasteiger partial charge in [-0.2, -0.15) is 9.97 Å². The summed E-state index contributed by atoms with van der Waals surface area (Å²) in [6.07, 6.45) is 13.4. The summed E-state index contributed by atoms with van der Waals surface area (Å²) in [5.41, 5.74) is 1.42. The molecule has 6 fully saturated rings. The molecule has 50 heavy (non-hydrogen) atoms. The Morgan fingerprint density at radius 2 is 1.54 bits per heavy atom. The summed E-state index contributed by atoms with van der Waals surface area (Å²) in [6, 6.07) is 2.20. The van der Waals surface area contributed by atoms with Crippen LogP contribution in [0.5, 0.6) is 0 Å². The molecule has 8 atom stereocenters. The molecule has 4 aliphatic carbocycles. The Morgan fingerprint density at radius 1 is 0.900 bits per heavy atom. The van der Waals surface area contributed by atoms with Crippen LogP contribution in [0.3, 0.4) is 0 Å². The molecule has 0 aromatic carbocycles. The summed E-state index contributed by atoms with van der Waals surface area (Å²) < 4.78 is 16.7. The number of aromatic nitrogens is 2. The lowest BCUT2D eigenvalue weighted by Gasteiger charge is -2.58. The topological polar surface area (TPSA) is 123 Å². The Hall–Kier alpha value is -2.04. The highest BCUT2D eigenvalue weighted by Gasteiger charge is 2.61. The molecule has 0 spiro atoms. The van der Waals surface area contributed by atoms with Gasteiger partial charge in [0, 0.05) is 64.3 Å². The summed E-state index contributed by atoms with van der Waals surface area (Å²) in [4.78, 5) is 52.9. The van der Waals surface area contributed by atoms with Crippen molar-refractivity contribution in [3.8, 4) is 0 Å². The molecule has 7 aliphatic rings. The van der Waals surface area contributed by atoms with E-state index in [0.29, 0.717) is 48.8 Å². The second kappa shape index (κ2) is 13.4.